The molecule has 6 nitrogen and oxygen atoms in total. The van der Waals surface area contributed by atoms with Gasteiger partial charge in [0.05, 0.1) is 24.2 Å². The lowest BCUT2D eigenvalue weighted by Gasteiger charge is -2.07. The highest BCUT2D eigenvalue weighted by molar-refractivity contribution is 5.78. The summed E-state index contributed by atoms with van der Waals surface area (Å²) in [5.41, 5.74) is 6.33. The fourth-order valence-electron chi connectivity index (χ4n) is 1.55. The van der Waals surface area contributed by atoms with Gasteiger partial charge < -0.3 is 9.68 Å². The lowest BCUT2D eigenvalue weighted by molar-refractivity contribution is -0.147. The Balaban J connectivity index is 1.62. The molecule has 0 radical (unpaired) electrons. The maximum absolute atomic E-state index is 11.5. The molecule has 0 aliphatic heterocycles. The normalized spacial score (nSPS) is 9.64. The molecule has 22 heavy (non-hydrogen) atoms. The monoisotopic (exact) mass is 300 g/mol. The van der Waals surface area contributed by atoms with Crippen molar-refractivity contribution in [3.05, 3.63) is 60.7 Å². The van der Waals surface area contributed by atoms with Crippen molar-refractivity contribution in [1.82, 2.24) is 0 Å². The van der Waals surface area contributed by atoms with E-state index in [-0.39, 0.29) is 12.8 Å². The molecule has 2 aromatic rings. The minimum atomic E-state index is -0.541. The number of rotatable bonds is 7. The highest BCUT2D eigenvalue weighted by Crippen LogP contribution is 2.07. The van der Waals surface area contributed by atoms with Crippen LogP contribution >= 0.6 is 0 Å². The molecule has 0 saturated carbocycles. The van der Waals surface area contributed by atoms with E-state index >= 15 is 0 Å². The lowest BCUT2D eigenvalue weighted by atomic mass is 10.3. The van der Waals surface area contributed by atoms with Crippen LogP contribution in [0.4, 0.5) is 11.4 Å². The smallest absolute Gasteiger partial charge is 0.332 e. The second-order valence-corrected chi connectivity index (χ2v) is 4.38. The molecule has 0 bridgehead atoms. The van der Waals surface area contributed by atoms with Gasteiger partial charge in [-0.05, 0) is 24.3 Å². The van der Waals surface area contributed by atoms with Crippen LogP contribution in [0.3, 0.4) is 0 Å². The van der Waals surface area contributed by atoms with Gasteiger partial charge in [0.25, 0.3) is 0 Å². The van der Waals surface area contributed by atoms with Crippen molar-refractivity contribution < 1.29 is 19.3 Å². The fourth-order valence-corrected chi connectivity index (χ4v) is 1.55. The maximum atomic E-state index is 11.5. The number of hydrogen-bond acceptors (Lipinski definition) is 6. The summed E-state index contributed by atoms with van der Waals surface area (Å²) in [7, 11) is 0. The highest BCUT2D eigenvalue weighted by Gasteiger charge is 2.10. The van der Waals surface area contributed by atoms with E-state index in [0.29, 0.717) is 11.4 Å². The molecule has 2 N–H and O–H groups in total. The average molecular weight is 300 g/mol. The van der Waals surface area contributed by atoms with E-state index in [1.165, 1.54) is 0 Å². The van der Waals surface area contributed by atoms with E-state index < -0.39 is 11.9 Å². The second-order valence-electron chi connectivity index (χ2n) is 4.38. The third-order valence-electron chi connectivity index (χ3n) is 2.65. The maximum Gasteiger partial charge on any atom is 0.332 e. The summed E-state index contributed by atoms with van der Waals surface area (Å²) in [6.07, 6.45) is -0.149. The third-order valence-corrected chi connectivity index (χ3v) is 2.65. The van der Waals surface area contributed by atoms with Gasteiger partial charge in [-0.2, -0.15) is 0 Å². The molecule has 0 unspecified atom stereocenters. The van der Waals surface area contributed by atoms with Crippen molar-refractivity contribution in [2.75, 3.05) is 11.0 Å². The van der Waals surface area contributed by atoms with Crippen molar-refractivity contribution in [1.29, 1.82) is 0 Å². The molecule has 114 valence electrons. The number of hydrogen-bond donors (Lipinski definition) is 2. The largest absolute Gasteiger partial charge is 0.343 e. The van der Waals surface area contributed by atoms with Crippen LogP contribution in [0.1, 0.15) is 12.8 Å². The molecule has 0 aromatic heterocycles. The van der Waals surface area contributed by atoms with Crippen molar-refractivity contribution in [3.63, 3.8) is 0 Å². The van der Waals surface area contributed by atoms with Crippen LogP contribution in [0.25, 0.3) is 0 Å². The quantitative estimate of drug-likeness (QED) is 0.766. The molecule has 0 heterocycles. The van der Waals surface area contributed by atoms with Gasteiger partial charge in [-0.1, -0.05) is 36.4 Å². The third kappa shape index (κ3) is 5.54. The first-order valence-corrected chi connectivity index (χ1v) is 6.75. The first-order chi connectivity index (χ1) is 10.7. The Labute approximate surface area is 128 Å². The van der Waals surface area contributed by atoms with Crippen molar-refractivity contribution in [3.8, 4) is 0 Å². The number of para-hydroxylation sites is 2. The fraction of sp³-hybridized carbons (Fsp3) is 0.125. The Morgan fingerprint density at radius 2 is 1.05 bits per heavy atom. The van der Waals surface area contributed by atoms with Gasteiger partial charge in [0.1, 0.15) is 0 Å². The molecule has 2 rings (SSSR count). The van der Waals surface area contributed by atoms with Crippen LogP contribution in [-0.2, 0) is 19.3 Å². The Morgan fingerprint density at radius 3 is 1.41 bits per heavy atom. The molecule has 0 aliphatic rings. The summed E-state index contributed by atoms with van der Waals surface area (Å²) in [5, 5.41) is 0. The molecule has 0 saturated heterocycles. The molecule has 0 amide bonds. The van der Waals surface area contributed by atoms with E-state index in [1.54, 1.807) is 24.3 Å². The number of carbonyl (C=O) groups excluding carboxylic acids is 2. The Hall–Kier alpha value is -3.02. The number of carbonyl (C=O) groups is 2. The van der Waals surface area contributed by atoms with Gasteiger partial charge >= 0.3 is 11.9 Å². The second kappa shape index (κ2) is 8.31. The van der Waals surface area contributed by atoms with Crippen LogP contribution in [0.2, 0.25) is 0 Å². The van der Waals surface area contributed by atoms with Gasteiger partial charge in [-0.25, -0.2) is 20.5 Å². The summed E-state index contributed by atoms with van der Waals surface area (Å²) in [4.78, 5) is 32.6. The molecular formula is C16H16N2O4. The number of benzene rings is 2. The molecule has 0 aliphatic carbocycles. The first kappa shape index (κ1) is 15.4. The van der Waals surface area contributed by atoms with Gasteiger partial charge in [0.2, 0.25) is 0 Å². The highest BCUT2D eigenvalue weighted by atomic mass is 16.7. The summed E-state index contributed by atoms with van der Waals surface area (Å²) in [6, 6.07) is 18.0. The van der Waals surface area contributed by atoms with Crippen molar-refractivity contribution >= 4 is 23.3 Å². The summed E-state index contributed by atoms with van der Waals surface area (Å²) in [6.45, 7) is 0. The van der Waals surface area contributed by atoms with Gasteiger partial charge in [-0.15, -0.1) is 0 Å². The average Bonchev–Trinajstić information content (AvgIpc) is 2.58. The van der Waals surface area contributed by atoms with E-state index in [1.807, 2.05) is 36.4 Å². The van der Waals surface area contributed by atoms with Gasteiger partial charge in [0.15, 0.2) is 0 Å². The topological polar surface area (TPSA) is 76.7 Å². The molecular weight excluding hydrogens is 284 g/mol. The van der Waals surface area contributed by atoms with Crippen LogP contribution in [-0.4, -0.2) is 11.9 Å². The summed E-state index contributed by atoms with van der Waals surface area (Å²) in [5.74, 6) is -1.08. The van der Waals surface area contributed by atoms with Crippen LogP contribution in [0.15, 0.2) is 60.7 Å². The van der Waals surface area contributed by atoms with E-state index in [2.05, 4.69) is 11.0 Å². The van der Waals surface area contributed by atoms with Crippen molar-refractivity contribution in [2.45, 2.75) is 12.8 Å². The zero-order valence-electron chi connectivity index (χ0n) is 11.8. The number of nitrogens with one attached hydrogen (secondary N) is 2. The molecule has 6 heteroatoms. The Morgan fingerprint density at radius 1 is 0.682 bits per heavy atom. The first-order valence-electron chi connectivity index (χ1n) is 6.75. The zero-order valence-corrected chi connectivity index (χ0v) is 11.8. The predicted molar refractivity (Wildman–Crippen MR) is 81.5 cm³/mol. The molecule has 2 aromatic carbocycles. The SMILES string of the molecule is O=C(CCC(=O)ONc1ccccc1)ONc1ccccc1. The standard InChI is InChI=1S/C16H16N2O4/c19-15(21-17-13-7-3-1-4-8-13)11-12-16(20)22-18-14-9-5-2-6-10-14/h1-10,17-18H,11-12H2. The Kier molecular flexibility index (Phi) is 5.80. The summed E-state index contributed by atoms with van der Waals surface area (Å²) < 4.78 is 0. The van der Waals surface area contributed by atoms with Crippen LogP contribution in [0.5, 0.6) is 0 Å². The van der Waals surface area contributed by atoms with Gasteiger partial charge in [-0.3, -0.25) is 0 Å². The number of anilines is 2. The summed E-state index contributed by atoms with van der Waals surface area (Å²) >= 11 is 0. The van der Waals surface area contributed by atoms with E-state index in [0.717, 1.165) is 0 Å². The Bertz CT molecular complexity index is 547. The van der Waals surface area contributed by atoms with Gasteiger partial charge in [0, 0.05) is 0 Å². The van der Waals surface area contributed by atoms with Crippen LogP contribution in [0, 0.1) is 0 Å². The van der Waals surface area contributed by atoms with E-state index in [9.17, 15) is 9.59 Å². The van der Waals surface area contributed by atoms with Crippen molar-refractivity contribution in [2.24, 2.45) is 0 Å². The zero-order chi connectivity index (χ0) is 15.6. The molecule has 0 fully saturated rings. The minimum Gasteiger partial charge on any atom is -0.343 e. The molecule has 0 atom stereocenters. The van der Waals surface area contributed by atoms with Crippen LogP contribution < -0.4 is 11.0 Å². The minimum absolute atomic E-state index is 0.0743. The van der Waals surface area contributed by atoms with E-state index in [4.69, 9.17) is 9.68 Å². The molecule has 0 spiro atoms. The predicted octanol–water partition coefficient (Wildman–Crippen LogP) is 2.91. The lowest BCUT2D eigenvalue weighted by Crippen LogP contribution is -2.15.